The van der Waals surface area contributed by atoms with E-state index in [0.29, 0.717) is 31.0 Å². The minimum Gasteiger partial charge on any atom is -0.368 e. The van der Waals surface area contributed by atoms with Crippen LogP contribution in [0.15, 0.2) is 66.7 Å². The average molecular weight is 481 g/mol. The number of carbonyl (C=O) groups is 2. The molecule has 1 aliphatic rings. The molecule has 1 saturated heterocycles. The van der Waals surface area contributed by atoms with Gasteiger partial charge in [0.1, 0.15) is 18.2 Å². The molecule has 8 heteroatoms. The van der Waals surface area contributed by atoms with Gasteiger partial charge in [0, 0.05) is 18.0 Å². The third kappa shape index (κ3) is 5.23. The molecule has 3 aromatic rings. The van der Waals surface area contributed by atoms with Crippen LogP contribution in [0.2, 0.25) is 5.02 Å². The van der Waals surface area contributed by atoms with Crippen molar-refractivity contribution in [3.05, 3.63) is 82.9 Å². The number of halogens is 1. The number of nitrogens with one attached hydrogen (secondary N) is 1. The molecule has 7 nitrogen and oxygen atoms in total. The second-order valence-electron chi connectivity index (χ2n) is 8.39. The maximum atomic E-state index is 13.8. The predicted molar refractivity (Wildman–Crippen MR) is 133 cm³/mol. The van der Waals surface area contributed by atoms with Gasteiger partial charge in [-0.1, -0.05) is 66.2 Å². The molecule has 0 bridgehead atoms. The summed E-state index contributed by atoms with van der Waals surface area (Å²) in [7, 11) is 0. The molecule has 0 spiro atoms. The van der Waals surface area contributed by atoms with Crippen molar-refractivity contribution < 1.29 is 14.3 Å². The first-order chi connectivity index (χ1) is 16.5. The first kappa shape index (κ1) is 24.2. The number of ether oxygens (including phenoxy) is 1. The molecule has 3 aromatic carbocycles. The molecule has 34 heavy (non-hydrogen) atoms. The van der Waals surface area contributed by atoms with E-state index in [-0.39, 0.29) is 12.6 Å². The normalized spacial score (nSPS) is 18.5. The van der Waals surface area contributed by atoms with Gasteiger partial charge in [0.2, 0.25) is 11.8 Å². The monoisotopic (exact) mass is 480 g/mol. The molecule has 1 aliphatic heterocycles. The van der Waals surface area contributed by atoms with Crippen molar-refractivity contribution in [1.82, 2.24) is 10.2 Å². The summed E-state index contributed by atoms with van der Waals surface area (Å²) in [4.78, 5) is 28.1. The largest absolute Gasteiger partial charge is 0.368 e. The third-order valence-electron chi connectivity index (χ3n) is 6.24. The Morgan fingerprint density at radius 3 is 2.68 bits per heavy atom. The van der Waals surface area contributed by atoms with Gasteiger partial charge >= 0.3 is 0 Å². The summed E-state index contributed by atoms with van der Waals surface area (Å²) in [6, 6.07) is 19.6. The fourth-order valence-corrected chi connectivity index (χ4v) is 4.84. The van der Waals surface area contributed by atoms with E-state index in [4.69, 9.17) is 27.8 Å². The Kier molecular flexibility index (Phi) is 7.80. The van der Waals surface area contributed by atoms with Crippen LogP contribution in [0, 0.1) is 0 Å². The highest BCUT2D eigenvalue weighted by atomic mass is 35.5. The van der Waals surface area contributed by atoms with Gasteiger partial charge in [-0.15, -0.1) is 0 Å². The van der Waals surface area contributed by atoms with Crippen LogP contribution >= 0.6 is 11.6 Å². The number of amides is 2. The Labute approximate surface area is 204 Å². The molecule has 3 unspecified atom stereocenters. The molecule has 0 aliphatic carbocycles. The summed E-state index contributed by atoms with van der Waals surface area (Å²) in [6.07, 6.45) is 0.337. The van der Waals surface area contributed by atoms with E-state index in [2.05, 4.69) is 5.32 Å². The van der Waals surface area contributed by atoms with Crippen molar-refractivity contribution >= 4 is 34.2 Å². The van der Waals surface area contributed by atoms with Gasteiger partial charge < -0.3 is 26.4 Å². The molecule has 0 saturated carbocycles. The Balaban J connectivity index is 1.66. The molecule has 1 heterocycles. The highest BCUT2D eigenvalue weighted by molar-refractivity contribution is 6.30. The minimum absolute atomic E-state index is 0.0715. The van der Waals surface area contributed by atoms with Crippen LogP contribution in [0.5, 0.6) is 0 Å². The molecule has 178 valence electrons. The van der Waals surface area contributed by atoms with E-state index in [1.54, 1.807) is 23.1 Å². The Hall–Kier alpha value is -2.97. The van der Waals surface area contributed by atoms with Crippen LogP contribution in [0.25, 0.3) is 10.8 Å². The molecule has 4 rings (SSSR count). The van der Waals surface area contributed by atoms with Crippen molar-refractivity contribution in [2.45, 2.75) is 31.0 Å². The van der Waals surface area contributed by atoms with Crippen LogP contribution in [-0.2, 0) is 20.7 Å². The summed E-state index contributed by atoms with van der Waals surface area (Å²) in [5, 5.41) is 5.93. The zero-order valence-corrected chi connectivity index (χ0v) is 19.6. The van der Waals surface area contributed by atoms with Gasteiger partial charge in [-0.2, -0.15) is 0 Å². The van der Waals surface area contributed by atoms with Gasteiger partial charge in [0.05, 0.1) is 6.73 Å². The quantitative estimate of drug-likeness (QED) is 0.429. The lowest BCUT2D eigenvalue weighted by Crippen LogP contribution is -2.55. The Bertz CT molecular complexity index is 1170. The average Bonchev–Trinajstić information content (AvgIpc) is 3.02. The summed E-state index contributed by atoms with van der Waals surface area (Å²) in [6.45, 7) is 0.918. The summed E-state index contributed by atoms with van der Waals surface area (Å²) >= 11 is 6.19. The number of carbonyl (C=O) groups excluding carboxylic acids is 2. The van der Waals surface area contributed by atoms with Crippen LogP contribution in [-0.4, -0.2) is 48.6 Å². The standard InChI is InChI=1S/C26H29ClN4O3/c27-20-10-4-9-19(14-20)24(34-16-28)23-26(33)31(13-5-12-30-23)22(25(29)32)15-18-8-3-7-17-6-1-2-11-21(17)18/h1-4,6-11,14,22-24,30H,5,12-13,15-16,28H2,(H2,29,32). The van der Waals surface area contributed by atoms with E-state index in [1.165, 1.54) is 0 Å². The van der Waals surface area contributed by atoms with Crippen LogP contribution in [0.3, 0.4) is 0 Å². The van der Waals surface area contributed by atoms with Crippen molar-refractivity contribution in [3.63, 3.8) is 0 Å². The van der Waals surface area contributed by atoms with Crippen LogP contribution < -0.4 is 16.8 Å². The predicted octanol–water partition coefficient (Wildman–Crippen LogP) is 2.75. The van der Waals surface area contributed by atoms with Gasteiger partial charge in [-0.25, -0.2) is 0 Å². The van der Waals surface area contributed by atoms with Crippen LogP contribution in [0.4, 0.5) is 0 Å². The lowest BCUT2D eigenvalue weighted by molar-refractivity contribution is -0.143. The highest BCUT2D eigenvalue weighted by Gasteiger charge is 2.39. The number of nitrogens with zero attached hydrogens (tertiary/aromatic N) is 1. The fourth-order valence-electron chi connectivity index (χ4n) is 4.64. The van der Waals surface area contributed by atoms with Gasteiger partial charge in [0.15, 0.2) is 0 Å². The second-order valence-corrected chi connectivity index (χ2v) is 8.82. The Morgan fingerprint density at radius 2 is 1.91 bits per heavy atom. The first-order valence-electron chi connectivity index (χ1n) is 11.4. The zero-order valence-electron chi connectivity index (χ0n) is 18.8. The molecule has 0 radical (unpaired) electrons. The molecule has 2 amide bonds. The summed E-state index contributed by atoms with van der Waals surface area (Å²) < 4.78 is 5.81. The zero-order chi connectivity index (χ0) is 24.1. The number of hydrogen-bond acceptors (Lipinski definition) is 5. The molecule has 3 atom stereocenters. The van der Waals surface area contributed by atoms with Gasteiger partial charge in [-0.3, -0.25) is 9.59 Å². The van der Waals surface area contributed by atoms with Crippen molar-refractivity contribution in [3.8, 4) is 0 Å². The third-order valence-corrected chi connectivity index (χ3v) is 6.48. The number of benzene rings is 3. The van der Waals surface area contributed by atoms with Gasteiger partial charge in [0.25, 0.3) is 0 Å². The number of nitrogens with two attached hydrogens (primary N) is 2. The molecular weight excluding hydrogens is 452 g/mol. The number of hydrogen-bond donors (Lipinski definition) is 3. The van der Waals surface area contributed by atoms with E-state index in [9.17, 15) is 9.59 Å². The van der Waals surface area contributed by atoms with E-state index >= 15 is 0 Å². The van der Waals surface area contributed by atoms with Crippen molar-refractivity contribution in [2.24, 2.45) is 11.5 Å². The summed E-state index contributed by atoms with van der Waals surface area (Å²) in [5.74, 6) is -0.791. The molecule has 0 aromatic heterocycles. The summed E-state index contributed by atoms with van der Waals surface area (Å²) in [5.41, 5.74) is 13.3. The maximum Gasteiger partial charge on any atom is 0.243 e. The fraction of sp³-hybridized carbons (Fsp3) is 0.308. The van der Waals surface area contributed by atoms with Crippen molar-refractivity contribution in [2.75, 3.05) is 19.8 Å². The minimum atomic E-state index is -0.793. The molecule has 5 N–H and O–H groups in total. The Morgan fingerprint density at radius 1 is 1.15 bits per heavy atom. The highest BCUT2D eigenvalue weighted by Crippen LogP contribution is 2.28. The number of primary amides is 1. The number of fused-ring (bicyclic) bond motifs is 1. The van der Waals surface area contributed by atoms with E-state index in [0.717, 1.165) is 21.9 Å². The lowest BCUT2D eigenvalue weighted by Gasteiger charge is -2.33. The molecular formula is C26H29ClN4O3. The SMILES string of the molecule is NCOC(c1cccc(Cl)c1)C1NCCCN(C(Cc2cccc3ccccc23)C(N)=O)C1=O. The second kappa shape index (κ2) is 11.0. The smallest absolute Gasteiger partial charge is 0.243 e. The molecule has 1 fully saturated rings. The van der Waals surface area contributed by atoms with E-state index in [1.807, 2.05) is 48.5 Å². The van der Waals surface area contributed by atoms with Crippen LogP contribution in [0.1, 0.15) is 23.7 Å². The topological polar surface area (TPSA) is 111 Å². The van der Waals surface area contributed by atoms with E-state index < -0.39 is 24.1 Å². The van der Waals surface area contributed by atoms with Crippen molar-refractivity contribution in [1.29, 1.82) is 0 Å². The maximum absolute atomic E-state index is 13.8. The van der Waals surface area contributed by atoms with Gasteiger partial charge in [-0.05, 0) is 47.0 Å². The first-order valence-corrected chi connectivity index (χ1v) is 11.7. The lowest BCUT2D eigenvalue weighted by atomic mass is 9.96. The number of rotatable bonds is 8.